The van der Waals surface area contributed by atoms with Gasteiger partial charge < -0.3 is 4.98 Å². The lowest BCUT2D eigenvalue weighted by atomic mass is 10.0. The highest BCUT2D eigenvalue weighted by atomic mass is 16.2. The molecule has 0 spiro atoms. The third kappa shape index (κ3) is 3.57. The lowest BCUT2D eigenvalue weighted by molar-refractivity contribution is -0.121. The minimum absolute atomic E-state index is 0.440. The number of hydrogen-bond acceptors (Lipinski definition) is 3. The lowest BCUT2D eigenvalue weighted by Crippen LogP contribution is -2.24. The summed E-state index contributed by atoms with van der Waals surface area (Å²) in [5, 5.41) is 13.1. The fourth-order valence-electron chi connectivity index (χ4n) is 2.04. The third-order valence-corrected chi connectivity index (χ3v) is 3.09. The first-order chi connectivity index (χ1) is 10.1. The van der Waals surface area contributed by atoms with Crippen molar-refractivity contribution in [2.45, 2.75) is 19.8 Å². The second kappa shape index (κ2) is 6.53. The monoisotopic (exact) mass is 280 g/mol. The van der Waals surface area contributed by atoms with E-state index in [1.54, 1.807) is 30.5 Å². The van der Waals surface area contributed by atoms with Gasteiger partial charge in [-0.2, -0.15) is 10.4 Å². The zero-order valence-electron chi connectivity index (χ0n) is 11.9. The number of rotatable bonds is 4. The van der Waals surface area contributed by atoms with Crippen LogP contribution in [-0.2, 0) is 4.79 Å². The Bertz CT molecular complexity index is 695. The SMILES string of the molecule is Cc1cc(/C=N\NC(=O)[C@H](C#N)c2ccccc2)c(C)[nH]1. The number of nitrogens with zero attached hydrogens (tertiary/aromatic N) is 2. The van der Waals surface area contributed by atoms with Crippen molar-refractivity contribution in [3.63, 3.8) is 0 Å². The van der Waals surface area contributed by atoms with Crippen LogP contribution in [0, 0.1) is 25.2 Å². The fraction of sp³-hybridized carbons (Fsp3) is 0.188. The second-order valence-electron chi connectivity index (χ2n) is 4.74. The molecule has 0 radical (unpaired) electrons. The molecule has 5 heteroatoms. The maximum atomic E-state index is 12.0. The highest BCUT2D eigenvalue weighted by molar-refractivity contribution is 5.88. The highest BCUT2D eigenvalue weighted by Crippen LogP contribution is 2.14. The normalized spacial score (nSPS) is 12.0. The molecule has 21 heavy (non-hydrogen) atoms. The van der Waals surface area contributed by atoms with Crippen LogP contribution in [-0.4, -0.2) is 17.1 Å². The Hall–Kier alpha value is -2.87. The maximum absolute atomic E-state index is 12.0. The molecule has 1 aromatic heterocycles. The molecule has 1 heterocycles. The molecule has 2 N–H and O–H groups in total. The number of aryl methyl sites for hydroxylation is 2. The smallest absolute Gasteiger partial charge is 0.261 e. The number of carbonyl (C=O) groups is 1. The minimum atomic E-state index is -0.864. The Morgan fingerprint density at radius 1 is 1.38 bits per heavy atom. The summed E-state index contributed by atoms with van der Waals surface area (Å²) in [4.78, 5) is 15.1. The van der Waals surface area contributed by atoms with E-state index in [1.165, 1.54) is 0 Å². The summed E-state index contributed by atoms with van der Waals surface area (Å²) in [6, 6.07) is 12.8. The summed E-state index contributed by atoms with van der Waals surface area (Å²) in [5.41, 5.74) is 5.97. The van der Waals surface area contributed by atoms with Gasteiger partial charge in [0, 0.05) is 17.0 Å². The molecule has 2 aromatic rings. The maximum Gasteiger partial charge on any atom is 0.261 e. The average molecular weight is 280 g/mol. The zero-order chi connectivity index (χ0) is 15.2. The predicted molar refractivity (Wildman–Crippen MR) is 80.8 cm³/mol. The number of nitrogens with one attached hydrogen (secondary N) is 2. The van der Waals surface area contributed by atoms with E-state index in [4.69, 9.17) is 5.26 Å². The molecule has 0 aliphatic rings. The van der Waals surface area contributed by atoms with Crippen LogP contribution in [0.25, 0.3) is 0 Å². The first kappa shape index (κ1) is 14.5. The molecule has 2 rings (SSSR count). The topological polar surface area (TPSA) is 81.0 Å². The molecule has 1 atom stereocenters. The van der Waals surface area contributed by atoms with Crippen LogP contribution in [0.1, 0.15) is 28.4 Å². The standard InChI is InChI=1S/C16H16N4O/c1-11-8-14(12(2)19-11)10-18-20-16(21)15(9-17)13-6-4-3-5-7-13/h3-8,10,15,19H,1-2H3,(H,20,21)/b18-10-/t15-/m1/s1. The van der Waals surface area contributed by atoms with Gasteiger partial charge in [0.15, 0.2) is 5.92 Å². The van der Waals surface area contributed by atoms with E-state index in [0.717, 1.165) is 17.0 Å². The quantitative estimate of drug-likeness (QED) is 0.666. The Labute approximate surface area is 123 Å². The Kier molecular flexibility index (Phi) is 4.52. The molecule has 0 saturated carbocycles. The summed E-state index contributed by atoms with van der Waals surface area (Å²) >= 11 is 0. The van der Waals surface area contributed by atoms with Crippen LogP contribution in [0.3, 0.4) is 0 Å². The van der Waals surface area contributed by atoms with Crippen LogP contribution in [0.15, 0.2) is 41.5 Å². The molecular formula is C16H16N4O. The molecule has 5 nitrogen and oxygen atoms in total. The number of aromatic nitrogens is 1. The first-order valence-electron chi connectivity index (χ1n) is 6.55. The van der Waals surface area contributed by atoms with Crippen molar-refractivity contribution in [3.8, 4) is 6.07 Å². The number of amides is 1. The average Bonchev–Trinajstić information content (AvgIpc) is 2.79. The second-order valence-corrected chi connectivity index (χ2v) is 4.74. The van der Waals surface area contributed by atoms with E-state index in [2.05, 4.69) is 15.5 Å². The molecule has 1 amide bonds. The molecule has 0 unspecified atom stereocenters. The van der Waals surface area contributed by atoms with Gasteiger partial charge in [-0.15, -0.1) is 0 Å². The van der Waals surface area contributed by atoms with Crippen molar-refractivity contribution in [1.29, 1.82) is 5.26 Å². The Morgan fingerprint density at radius 3 is 2.67 bits per heavy atom. The highest BCUT2D eigenvalue weighted by Gasteiger charge is 2.19. The van der Waals surface area contributed by atoms with Gasteiger partial charge in [0.1, 0.15) is 0 Å². The zero-order valence-corrected chi connectivity index (χ0v) is 11.9. The molecular weight excluding hydrogens is 264 g/mol. The Morgan fingerprint density at radius 2 is 2.10 bits per heavy atom. The number of aromatic amines is 1. The number of hydrogen-bond donors (Lipinski definition) is 2. The van der Waals surface area contributed by atoms with Crippen LogP contribution >= 0.6 is 0 Å². The fourth-order valence-corrected chi connectivity index (χ4v) is 2.04. The van der Waals surface area contributed by atoms with Gasteiger partial charge in [0.2, 0.25) is 0 Å². The number of benzene rings is 1. The van der Waals surface area contributed by atoms with E-state index in [-0.39, 0.29) is 0 Å². The molecule has 0 fully saturated rings. The predicted octanol–water partition coefficient (Wildman–Crippen LogP) is 2.39. The minimum Gasteiger partial charge on any atom is -0.362 e. The van der Waals surface area contributed by atoms with Crippen molar-refractivity contribution in [1.82, 2.24) is 10.4 Å². The van der Waals surface area contributed by atoms with Gasteiger partial charge in [-0.1, -0.05) is 30.3 Å². The molecule has 106 valence electrons. The van der Waals surface area contributed by atoms with Gasteiger partial charge in [0.25, 0.3) is 5.91 Å². The van der Waals surface area contributed by atoms with Crippen molar-refractivity contribution in [3.05, 3.63) is 58.9 Å². The van der Waals surface area contributed by atoms with E-state index in [9.17, 15) is 4.79 Å². The van der Waals surface area contributed by atoms with E-state index in [1.807, 2.05) is 32.0 Å². The van der Waals surface area contributed by atoms with Gasteiger partial charge in [-0.3, -0.25) is 4.79 Å². The van der Waals surface area contributed by atoms with Gasteiger partial charge >= 0.3 is 0 Å². The van der Waals surface area contributed by atoms with Crippen molar-refractivity contribution < 1.29 is 4.79 Å². The van der Waals surface area contributed by atoms with Gasteiger partial charge in [0.05, 0.1) is 12.3 Å². The summed E-state index contributed by atoms with van der Waals surface area (Å²) in [6.07, 6.45) is 1.57. The van der Waals surface area contributed by atoms with Crippen LogP contribution in [0.5, 0.6) is 0 Å². The summed E-state index contributed by atoms with van der Waals surface area (Å²) in [7, 11) is 0. The third-order valence-electron chi connectivity index (χ3n) is 3.09. The van der Waals surface area contributed by atoms with Gasteiger partial charge in [-0.05, 0) is 25.5 Å². The molecule has 0 bridgehead atoms. The van der Waals surface area contributed by atoms with Gasteiger partial charge in [-0.25, -0.2) is 5.43 Å². The van der Waals surface area contributed by atoms with E-state index >= 15 is 0 Å². The summed E-state index contributed by atoms with van der Waals surface area (Å²) < 4.78 is 0. The van der Waals surface area contributed by atoms with E-state index < -0.39 is 11.8 Å². The van der Waals surface area contributed by atoms with Crippen molar-refractivity contribution >= 4 is 12.1 Å². The number of H-pyrrole nitrogens is 1. The van der Waals surface area contributed by atoms with E-state index in [0.29, 0.717) is 5.56 Å². The van der Waals surface area contributed by atoms with Crippen LogP contribution < -0.4 is 5.43 Å². The van der Waals surface area contributed by atoms with Crippen molar-refractivity contribution in [2.24, 2.45) is 5.10 Å². The first-order valence-corrected chi connectivity index (χ1v) is 6.55. The number of carbonyl (C=O) groups excluding carboxylic acids is 1. The van der Waals surface area contributed by atoms with Crippen molar-refractivity contribution in [2.75, 3.05) is 0 Å². The Balaban J connectivity index is 2.04. The summed E-state index contributed by atoms with van der Waals surface area (Å²) in [5.74, 6) is -1.30. The van der Waals surface area contributed by atoms with Crippen LogP contribution in [0.4, 0.5) is 0 Å². The molecule has 0 aliphatic heterocycles. The molecule has 0 saturated heterocycles. The molecule has 1 aromatic carbocycles. The van der Waals surface area contributed by atoms with Crippen LogP contribution in [0.2, 0.25) is 0 Å². The largest absolute Gasteiger partial charge is 0.362 e. The summed E-state index contributed by atoms with van der Waals surface area (Å²) in [6.45, 7) is 3.88. The lowest BCUT2D eigenvalue weighted by Gasteiger charge is -2.06. The number of hydrazone groups is 1. The molecule has 0 aliphatic carbocycles. The number of nitriles is 1.